The molecule has 0 aliphatic carbocycles. The fourth-order valence-corrected chi connectivity index (χ4v) is 2.35. The highest BCUT2D eigenvalue weighted by Crippen LogP contribution is 2.22. The van der Waals surface area contributed by atoms with Gasteiger partial charge in [-0.25, -0.2) is 0 Å². The molecule has 22 heavy (non-hydrogen) atoms. The van der Waals surface area contributed by atoms with Gasteiger partial charge in [-0.05, 0) is 31.2 Å². The molecule has 0 fully saturated rings. The highest BCUT2D eigenvalue weighted by Gasteiger charge is 2.36. The molecule has 110 valence electrons. The maximum atomic E-state index is 12.2. The van der Waals surface area contributed by atoms with Gasteiger partial charge in [0.05, 0.1) is 11.1 Å². The molecule has 6 nitrogen and oxygen atoms in total. The van der Waals surface area contributed by atoms with Gasteiger partial charge in [0.15, 0.2) is 0 Å². The van der Waals surface area contributed by atoms with Crippen LogP contribution in [0.15, 0.2) is 42.6 Å². The SMILES string of the molecule is Cc1cc(NC(=O)CN2C(=O)c3ccccc3C2=O)ccn1. The second kappa shape index (κ2) is 5.40. The largest absolute Gasteiger partial charge is 0.324 e. The van der Waals surface area contributed by atoms with E-state index in [4.69, 9.17) is 0 Å². The quantitative estimate of drug-likeness (QED) is 0.873. The Morgan fingerprint density at radius 3 is 2.36 bits per heavy atom. The van der Waals surface area contributed by atoms with E-state index in [1.807, 2.05) is 0 Å². The van der Waals surface area contributed by atoms with Gasteiger partial charge >= 0.3 is 0 Å². The van der Waals surface area contributed by atoms with Crippen molar-refractivity contribution in [3.8, 4) is 0 Å². The smallest absolute Gasteiger partial charge is 0.262 e. The van der Waals surface area contributed by atoms with Crippen LogP contribution < -0.4 is 5.32 Å². The third kappa shape index (κ3) is 2.46. The summed E-state index contributed by atoms with van der Waals surface area (Å²) in [6.07, 6.45) is 1.58. The average Bonchev–Trinajstić information content (AvgIpc) is 2.73. The Hall–Kier alpha value is -3.02. The van der Waals surface area contributed by atoms with E-state index in [2.05, 4.69) is 10.3 Å². The predicted molar refractivity (Wildman–Crippen MR) is 79.4 cm³/mol. The van der Waals surface area contributed by atoms with Gasteiger partial charge in [-0.15, -0.1) is 0 Å². The van der Waals surface area contributed by atoms with E-state index in [0.717, 1.165) is 10.6 Å². The maximum absolute atomic E-state index is 12.2. The first-order chi connectivity index (χ1) is 10.6. The Labute approximate surface area is 126 Å². The van der Waals surface area contributed by atoms with Gasteiger partial charge in [-0.2, -0.15) is 0 Å². The first-order valence-corrected chi connectivity index (χ1v) is 6.74. The lowest BCUT2D eigenvalue weighted by Gasteiger charge is -2.13. The van der Waals surface area contributed by atoms with Crippen LogP contribution in [0, 0.1) is 6.92 Å². The number of rotatable bonds is 3. The van der Waals surface area contributed by atoms with Crippen LogP contribution in [0.4, 0.5) is 5.69 Å². The van der Waals surface area contributed by atoms with Crippen molar-refractivity contribution in [1.29, 1.82) is 0 Å². The summed E-state index contributed by atoms with van der Waals surface area (Å²) in [5.74, 6) is -1.32. The van der Waals surface area contributed by atoms with E-state index < -0.39 is 17.7 Å². The van der Waals surface area contributed by atoms with Crippen molar-refractivity contribution in [3.63, 3.8) is 0 Å². The third-order valence-electron chi connectivity index (χ3n) is 3.36. The van der Waals surface area contributed by atoms with Gasteiger partial charge < -0.3 is 5.32 Å². The molecule has 0 radical (unpaired) electrons. The zero-order valence-electron chi connectivity index (χ0n) is 11.9. The van der Waals surface area contributed by atoms with Crippen LogP contribution in [0.2, 0.25) is 0 Å². The number of pyridine rings is 1. The number of nitrogens with zero attached hydrogens (tertiary/aromatic N) is 2. The third-order valence-corrected chi connectivity index (χ3v) is 3.36. The number of aromatic nitrogens is 1. The molecule has 0 atom stereocenters. The molecule has 2 heterocycles. The molecular weight excluding hydrogens is 282 g/mol. The molecule has 1 N–H and O–H groups in total. The number of hydrogen-bond acceptors (Lipinski definition) is 4. The molecule has 0 saturated heterocycles. The molecular formula is C16H13N3O3. The molecule has 0 saturated carbocycles. The van der Waals surface area contributed by atoms with Crippen LogP contribution in [0.25, 0.3) is 0 Å². The summed E-state index contributed by atoms with van der Waals surface area (Å²) in [6, 6.07) is 9.90. The molecule has 6 heteroatoms. The van der Waals surface area contributed by atoms with Gasteiger partial charge in [0, 0.05) is 17.6 Å². The Morgan fingerprint density at radius 1 is 1.14 bits per heavy atom. The van der Waals surface area contributed by atoms with Crippen molar-refractivity contribution >= 4 is 23.4 Å². The molecule has 0 spiro atoms. The summed E-state index contributed by atoms with van der Waals surface area (Å²) in [4.78, 5) is 41.4. The van der Waals surface area contributed by atoms with Crippen LogP contribution in [-0.2, 0) is 4.79 Å². The van der Waals surface area contributed by atoms with Crippen molar-refractivity contribution < 1.29 is 14.4 Å². The molecule has 2 aromatic rings. The van der Waals surface area contributed by atoms with E-state index in [1.54, 1.807) is 49.5 Å². The summed E-state index contributed by atoms with van der Waals surface area (Å²) in [6.45, 7) is 1.49. The van der Waals surface area contributed by atoms with E-state index in [9.17, 15) is 14.4 Å². The van der Waals surface area contributed by atoms with Crippen LogP contribution in [0.5, 0.6) is 0 Å². The van der Waals surface area contributed by atoms with Crippen LogP contribution in [0.3, 0.4) is 0 Å². The number of amides is 3. The van der Waals surface area contributed by atoms with Gasteiger partial charge in [-0.3, -0.25) is 24.3 Å². The number of fused-ring (bicyclic) bond motifs is 1. The number of nitrogens with one attached hydrogen (secondary N) is 1. The Kier molecular flexibility index (Phi) is 3.42. The lowest BCUT2D eigenvalue weighted by atomic mass is 10.1. The van der Waals surface area contributed by atoms with Crippen LogP contribution in [0.1, 0.15) is 26.4 Å². The minimum absolute atomic E-state index is 0.312. The van der Waals surface area contributed by atoms with E-state index >= 15 is 0 Å². The molecule has 1 aromatic heterocycles. The van der Waals surface area contributed by atoms with Crippen molar-refractivity contribution in [2.24, 2.45) is 0 Å². The predicted octanol–water partition coefficient (Wildman–Crippen LogP) is 1.62. The topological polar surface area (TPSA) is 79.4 Å². The Morgan fingerprint density at radius 2 is 1.77 bits per heavy atom. The number of benzene rings is 1. The fraction of sp³-hybridized carbons (Fsp3) is 0.125. The minimum Gasteiger partial charge on any atom is -0.324 e. The zero-order valence-corrected chi connectivity index (χ0v) is 11.9. The summed E-state index contributed by atoms with van der Waals surface area (Å²) in [7, 11) is 0. The van der Waals surface area contributed by atoms with Gasteiger partial charge in [0.25, 0.3) is 11.8 Å². The fourth-order valence-electron chi connectivity index (χ4n) is 2.35. The molecule has 3 amide bonds. The maximum Gasteiger partial charge on any atom is 0.262 e. The average molecular weight is 295 g/mol. The van der Waals surface area contributed by atoms with E-state index in [0.29, 0.717) is 16.8 Å². The number of imide groups is 1. The number of carbonyl (C=O) groups excluding carboxylic acids is 3. The molecule has 0 unspecified atom stereocenters. The summed E-state index contributed by atoms with van der Waals surface area (Å²) >= 11 is 0. The number of aryl methyl sites for hydroxylation is 1. The number of carbonyl (C=O) groups is 3. The van der Waals surface area contributed by atoms with E-state index in [-0.39, 0.29) is 6.54 Å². The number of anilines is 1. The highest BCUT2D eigenvalue weighted by atomic mass is 16.2. The van der Waals surface area contributed by atoms with Crippen molar-refractivity contribution in [2.75, 3.05) is 11.9 Å². The molecule has 1 aromatic carbocycles. The summed E-state index contributed by atoms with van der Waals surface area (Å²) in [5.41, 5.74) is 2.01. The van der Waals surface area contributed by atoms with Crippen molar-refractivity contribution in [2.45, 2.75) is 6.92 Å². The normalized spacial score (nSPS) is 13.2. The van der Waals surface area contributed by atoms with E-state index in [1.165, 1.54) is 0 Å². The molecule has 1 aliphatic rings. The standard InChI is InChI=1S/C16H13N3O3/c1-10-8-11(6-7-17-10)18-14(20)9-19-15(21)12-4-2-3-5-13(12)16(19)22/h2-8H,9H2,1H3,(H,17,18,20). The summed E-state index contributed by atoms with van der Waals surface area (Å²) < 4.78 is 0. The highest BCUT2D eigenvalue weighted by molar-refractivity contribution is 6.22. The lowest BCUT2D eigenvalue weighted by molar-refractivity contribution is -0.116. The minimum atomic E-state index is -0.443. The monoisotopic (exact) mass is 295 g/mol. The molecule has 0 bridgehead atoms. The zero-order chi connectivity index (χ0) is 15.7. The molecule has 3 rings (SSSR count). The first-order valence-electron chi connectivity index (χ1n) is 6.74. The van der Waals surface area contributed by atoms with Crippen LogP contribution in [-0.4, -0.2) is 34.2 Å². The lowest BCUT2D eigenvalue weighted by Crippen LogP contribution is -2.37. The van der Waals surface area contributed by atoms with Crippen molar-refractivity contribution in [3.05, 3.63) is 59.4 Å². The van der Waals surface area contributed by atoms with Crippen molar-refractivity contribution in [1.82, 2.24) is 9.88 Å². The van der Waals surface area contributed by atoms with Gasteiger partial charge in [0.1, 0.15) is 6.54 Å². The van der Waals surface area contributed by atoms with Gasteiger partial charge in [-0.1, -0.05) is 12.1 Å². The summed E-state index contributed by atoms with van der Waals surface area (Å²) in [5, 5.41) is 2.65. The number of hydrogen-bond donors (Lipinski definition) is 1. The van der Waals surface area contributed by atoms with Crippen LogP contribution >= 0.6 is 0 Å². The second-order valence-corrected chi connectivity index (χ2v) is 4.98. The Bertz CT molecular complexity index is 751. The Balaban J connectivity index is 1.73. The van der Waals surface area contributed by atoms with Gasteiger partial charge in [0.2, 0.25) is 5.91 Å². The molecule has 1 aliphatic heterocycles. The first kappa shape index (κ1) is 13.9. The second-order valence-electron chi connectivity index (χ2n) is 4.98.